The highest BCUT2D eigenvalue weighted by Crippen LogP contribution is 2.29. The largest absolute Gasteiger partial charge is 0.465 e. The zero-order valence-corrected chi connectivity index (χ0v) is 14.5. The normalized spacial score (nSPS) is 10.3. The van der Waals surface area contributed by atoms with Gasteiger partial charge >= 0.3 is 6.09 Å². The molecular weight excluding hydrogens is 408 g/mol. The van der Waals surface area contributed by atoms with Gasteiger partial charge in [0.25, 0.3) is 0 Å². The molecule has 0 atom stereocenters. The molecule has 0 saturated heterocycles. The predicted octanol–water partition coefficient (Wildman–Crippen LogP) is 5.00. The van der Waals surface area contributed by atoms with Gasteiger partial charge in [0.2, 0.25) is 0 Å². The summed E-state index contributed by atoms with van der Waals surface area (Å²) in [6.45, 7) is 0.800. The lowest BCUT2D eigenvalue weighted by molar-refractivity contribution is 0.209. The fourth-order valence-electron chi connectivity index (χ4n) is 1.72. The number of hydrogen-bond donors (Lipinski definition) is 2. The van der Waals surface area contributed by atoms with E-state index >= 15 is 0 Å². The van der Waals surface area contributed by atoms with Gasteiger partial charge in [-0.25, -0.2) is 4.79 Å². The molecule has 0 saturated carbocycles. The second kappa shape index (κ2) is 6.60. The summed E-state index contributed by atoms with van der Waals surface area (Å²) in [4.78, 5) is 14.0. The van der Waals surface area contributed by atoms with E-state index in [1.54, 1.807) is 17.4 Å². The average Bonchev–Trinajstić information content (AvgIpc) is 2.76. The van der Waals surface area contributed by atoms with Gasteiger partial charge in [0, 0.05) is 22.1 Å². The van der Waals surface area contributed by atoms with E-state index in [4.69, 9.17) is 5.11 Å². The molecule has 0 fully saturated rings. The van der Waals surface area contributed by atoms with Crippen LogP contribution in [-0.4, -0.2) is 18.2 Å². The summed E-state index contributed by atoms with van der Waals surface area (Å²) in [5.41, 5.74) is 1.55. The van der Waals surface area contributed by atoms with E-state index in [-0.39, 0.29) is 0 Å². The molecule has 7 heteroatoms. The number of anilines is 2. The Bertz CT molecular complexity index is 631. The van der Waals surface area contributed by atoms with E-state index in [1.165, 1.54) is 4.88 Å². The maximum absolute atomic E-state index is 10.6. The fraction of sp³-hybridized carbons (Fsp3) is 0.154. The summed E-state index contributed by atoms with van der Waals surface area (Å²) in [6.07, 6.45) is -1.07. The Kier molecular flexibility index (Phi) is 5.06. The number of halogens is 2. The maximum atomic E-state index is 10.6. The molecule has 1 heterocycles. The third-order valence-electron chi connectivity index (χ3n) is 2.66. The Balaban J connectivity index is 2.12. The summed E-state index contributed by atoms with van der Waals surface area (Å²) >= 11 is 8.53. The molecule has 1 amide bonds. The van der Waals surface area contributed by atoms with Gasteiger partial charge in [-0.05, 0) is 62.2 Å². The minimum Gasteiger partial charge on any atom is -0.465 e. The first-order valence-electron chi connectivity index (χ1n) is 5.70. The number of benzene rings is 1. The maximum Gasteiger partial charge on any atom is 0.409 e. The number of nitrogens with one attached hydrogen (secondary N) is 1. The van der Waals surface area contributed by atoms with Gasteiger partial charge in [-0.15, -0.1) is 11.3 Å². The second-order valence-electron chi connectivity index (χ2n) is 4.16. The number of carbonyl (C=O) groups is 1. The highest BCUT2D eigenvalue weighted by Gasteiger charge is 2.08. The van der Waals surface area contributed by atoms with Crippen molar-refractivity contribution in [3.8, 4) is 0 Å². The third kappa shape index (κ3) is 3.97. The van der Waals surface area contributed by atoms with E-state index in [0.29, 0.717) is 5.69 Å². The molecule has 0 aliphatic carbocycles. The van der Waals surface area contributed by atoms with Crippen LogP contribution >= 0.6 is 43.2 Å². The van der Waals surface area contributed by atoms with Crippen LogP contribution in [0.4, 0.5) is 16.2 Å². The highest BCUT2D eigenvalue weighted by molar-refractivity contribution is 9.11. The van der Waals surface area contributed by atoms with Crippen molar-refractivity contribution in [1.82, 2.24) is 0 Å². The average molecular weight is 420 g/mol. The van der Waals surface area contributed by atoms with E-state index in [0.717, 1.165) is 20.5 Å². The van der Waals surface area contributed by atoms with Crippen molar-refractivity contribution in [2.24, 2.45) is 0 Å². The number of nitrogens with zero attached hydrogens (tertiary/aromatic N) is 1. The molecule has 0 radical (unpaired) electrons. The summed E-state index contributed by atoms with van der Waals surface area (Å²) < 4.78 is 1.83. The summed E-state index contributed by atoms with van der Waals surface area (Å²) in [7, 11) is 2.00. The zero-order valence-electron chi connectivity index (χ0n) is 10.6. The van der Waals surface area contributed by atoms with Crippen molar-refractivity contribution < 1.29 is 9.90 Å². The summed E-state index contributed by atoms with van der Waals surface area (Å²) in [6, 6.07) is 9.64. The first kappa shape index (κ1) is 15.3. The first-order chi connectivity index (χ1) is 9.45. The van der Waals surface area contributed by atoms with Crippen LogP contribution in [0.2, 0.25) is 0 Å². The molecular formula is C13H12Br2N2O2S. The van der Waals surface area contributed by atoms with Gasteiger partial charge < -0.3 is 10.0 Å². The van der Waals surface area contributed by atoms with Crippen molar-refractivity contribution in [3.63, 3.8) is 0 Å². The van der Waals surface area contributed by atoms with Crippen molar-refractivity contribution in [1.29, 1.82) is 0 Å². The molecule has 106 valence electrons. The standard InChI is InChI=1S/C13H12Br2N2O2S/c1-17(7-9-3-5-12(15)20-9)8-2-4-11(10(14)6-8)16-13(18)19/h2-6,16H,7H2,1H3,(H,18,19). The van der Waals surface area contributed by atoms with Crippen LogP contribution in [0, 0.1) is 0 Å². The topological polar surface area (TPSA) is 52.6 Å². The molecule has 4 nitrogen and oxygen atoms in total. The summed E-state index contributed by atoms with van der Waals surface area (Å²) in [5, 5.41) is 11.1. The van der Waals surface area contributed by atoms with Gasteiger partial charge in [-0.1, -0.05) is 0 Å². The second-order valence-corrected chi connectivity index (χ2v) is 7.56. The quantitative estimate of drug-likeness (QED) is 0.733. The lowest BCUT2D eigenvalue weighted by Crippen LogP contribution is -2.16. The molecule has 1 aromatic carbocycles. The van der Waals surface area contributed by atoms with Crippen molar-refractivity contribution in [2.75, 3.05) is 17.3 Å². The van der Waals surface area contributed by atoms with Crippen molar-refractivity contribution >= 4 is 60.7 Å². The zero-order chi connectivity index (χ0) is 14.7. The third-order valence-corrected chi connectivity index (χ3v) is 4.92. The minimum absolute atomic E-state index is 0.536. The molecule has 2 rings (SSSR count). The van der Waals surface area contributed by atoms with Gasteiger partial charge in [0.15, 0.2) is 0 Å². The molecule has 20 heavy (non-hydrogen) atoms. The van der Waals surface area contributed by atoms with Gasteiger partial charge in [-0.2, -0.15) is 0 Å². The molecule has 1 aromatic heterocycles. The number of amides is 1. The number of hydrogen-bond acceptors (Lipinski definition) is 3. The van der Waals surface area contributed by atoms with E-state index in [9.17, 15) is 4.79 Å². The Morgan fingerprint density at radius 1 is 1.35 bits per heavy atom. The van der Waals surface area contributed by atoms with Gasteiger partial charge in [0.05, 0.1) is 16.0 Å². The number of rotatable bonds is 4. The molecule has 2 aromatic rings. The van der Waals surface area contributed by atoms with Crippen molar-refractivity contribution in [3.05, 3.63) is 43.5 Å². The van der Waals surface area contributed by atoms with E-state index in [2.05, 4.69) is 48.1 Å². The van der Waals surface area contributed by atoms with Gasteiger partial charge in [-0.3, -0.25) is 5.32 Å². The molecule has 0 aliphatic rings. The first-order valence-corrected chi connectivity index (χ1v) is 8.11. The monoisotopic (exact) mass is 418 g/mol. The molecule has 0 spiro atoms. The Hall–Kier alpha value is -1.05. The van der Waals surface area contributed by atoms with Crippen LogP contribution in [0.25, 0.3) is 0 Å². The smallest absolute Gasteiger partial charge is 0.409 e. The molecule has 0 aliphatic heterocycles. The van der Waals surface area contributed by atoms with E-state index in [1.807, 2.05) is 25.2 Å². The van der Waals surface area contributed by atoms with Crippen LogP contribution in [0.1, 0.15) is 4.88 Å². The molecule has 2 N–H and O–H groups in total. The summed E-state index contributed by atoms with van der Waals surface area (Å²) in [5.74, 6) is 0. The SMILES string of the molecule is CN(Cc1ccc(Br)s1)c1ccc(NC(=O)O)c(Br)c1. The number of carboxylic acid groups (broad SMARTS) is 1. The van der Waals surface area contributed by atoms with Crippen LogP contribution in [0.3, 0.4) is 0 Å². The van der Waals surface area contributed by atoms with Crippen LogP contribution < -0.4 is 10.2 Å². The molecule has 0 unspecified atom stereocenters. The van der Waals surface area contributed by atoms with Crippen LogP contribution in [0.5, 0.6) is 0 Å². The van der Waals surface area contributed by atoms with Crippen LogP contribution in [-0.2, 0) is 6.54 Å². The Labute approximate surface area is 137 Å². The number of thiophene rings is 1. The Morgan fingerprint density at radius 3 is 2.65 bits per heavy atom. The lowest BCUT2D eigenvalue weighted by Gasteiger charge is -2.19. The van der Waals surface area contributed by atoms with Crippen LogP contribution in [0.15, 0.2) is 38.6 Å². The van der Waals surface area contributed by atoms with Gasteiger partial charge in [0.1, 0.15) is 0 Å². The van der Waals surface area contributed by atoms with Crippen molar-refractivity contribution in [2.45, 2.75) is 6.54 Å². The lowest BCUT2D eigenvalue weighted by atomic mass is 10.2. The highest BCUT2D eigenvalue weighted by atomic mass is 79.9. The van der Waals surface area contributed by atoms with E-state index < -0.39 is 6.09 Å². The Morgan fingerprint density at radius 2 is 2.10 bits per heavy atom. The fourth-order valence-corrected chi connectivity index (χ4v) is 3.72. The predicted molar refractivity (Wildman–Crippen MR) is 89.9 cm³/mol. The minimum atomic E-state index is -1.07. The molecule has 0 bridgehead atoms.